The molecular weight excluding hydrogens is 167 g/mol. The Kier molecular flexibility index (Phi) is 4.40. The summed E-state index contributed by atoms with van der Waals surface area (Å²) in [7, 11) is 1.92. The molecule has 0 aliphatic heterocycles. The second kappa shape index (κ2) is 5.65. The fraction of sp³-hybridized carbons (Fsp3) is 0.500. The Hall–Kier alpha value is -0.960. The number of hydrogen-bond acceptors (Lipinski definition) is 2. The Balaban J connectivity index is 2.46. The van der Waals surface area contributed by atoms with Crippen LogP contribution in [0.2, 0.25) is 0 Å². The van der Waals surface area contributed by atoms with Gasteiger partial charge in [-0.15, -0.1) is 0 Å². The summed E-state index contributed by atoms with van der Waals surface area (Å²) in [6, 6.07) is 3.54. The van der Waals surface area contributed by atoms with E-state index in [1.54, 1.807) is 12.3 Å². The molecule has 0 aliphatic carbocycles. The maximum atomic E-state index is 12.3. The van der Waals surface area contributed by atoms with Crippen LogP contribution in [0.3, 0.4) is 0 Å². The molecule has 2 nitrogen and oxygen atoms in total. The quantitative estimate of drug-likeness (QED) is 0.701. The van der Waals surface area contributed by atoms with Crippen LogP contribution in [-0.2, 0) is 13.1 Å². The predicted molar refractivity (Wildman–Crippen MR) is 51.3 cm³/mol. The number of pyridine rings is 1. The normalized spacial score (nSPS) is 10.3. The molecule has 0 aliphatic rings. The molecule has 3 heteroatoms. The fourth-order valence-electron chi connectivity index (χ4n) is 1.19. The van der Waals surface area contributed by atoms with Crippen LogP contribution in [0, 0.1) is 0 Å². The van der Waals surface area contributed by atoms with Gasteiger partial charge in [-0.05, 0) is 44.1 Å². The highest BCUT2D eigenvalue weighted by atomic mass is 19.1. The van der Waals surface area contributed by atoms with Crippen molar-refractivity contribution in [2.75, 3.05) is 13.6 Å². The lowest BCUT2D eigenvalue weighted by atomic mass is 10.2. The number of aryl methyl sites for hydroxylation is 1. The summed E-state index contributed by atoms with van der Waals surface area (Å²) in [6.07, 6.45) is 3.62. The van der Waals surface area contributed by atoms with Crippen molar-refractivity contribution in [1.29, 1.82) is 0 Å². The van der Waals surface area contributed by atoms with E-state index < -0.39 is 6.67 Å². The summed E-state index contributed by atoms with van der Waals surface area (Å²) in [4.78, 5) is 4.16. The van der Waals surface area contributed by atoms with Crippen LogP contribution in [0.15, 0.2) is 18.3 Å². The Labute approximate surface area is 78.2 Å². The molecule has 1 rings (SSSR count). The van der Waals surface area contributed by atoms with Gasteiger partial charge in [0, 0.05) is 11.9 Å². The van der Waals surface area contributed by atoms with Gasteiger partial charge >= 0.3 is 0 Å². The summed E-state index contributed by atoms with van der Waals surface area (Å²) in [5.41, 5.74) is 1.69. The van der Waals surface area contributed by atoms with E-state index in [1.165, 1.54) is 0 Å². The minimum atomic E-state index is -0.401. The first-order valence-electron chi connectivity index (χ1n) is 4.51. The average Bonchev–Trinajstić information content (AvgIpc) is 2.19. The average molecular weight is 182 g/mol. The maximum absolute atomic E-state index is 12.3. The van der Waals surface area contributed by atoms with Gasteiger partial charge in [0.15, 0.2) is 0 Å². The van der Waals surface area contributed by atoms with E-state index in [9.17, 15) is 4.39 Å². The van der Waals surface area contributed by atoms with Gasteiger partial charge in [-0.3, -0.25) is 4.98 Å². The zero-order valence-corrected chi connectivity index (χ0v) is 7.89. The van der Waals surface area contributed by atoms with Crippen LogP contribution in [0.1, 0.15) is 17.7 Å². The zero-order chi connectivity index (χ0) is 9.52. The topological polar surface area (TPSA) is 24.9 Å². The Bertz CT molecular complexity index is 250. The first-order chi connectivity index (χ1) is 6.36. The first-order valence-corrected chi connectivity index (χ1v) is 4.51. The first kappa shape index (κ1) is 10.1. The second-order valence-corrected chi connectivity index (χ2v) is 3.00. The van der Waals surface area contributed by atoms with Crippen LogP contribution in [0.5, 0.6) is 0 Å². The van der Waals surface area contributed by atoms with Crippen molar-refractivity contribution < 1.29 is 4.39 Å². The van der Waals surface area contributed by atoms with Crippen molar-refractivity contribution in [3.05, 3.63) is 29.6 Å². The van der Waals surface area contributed by atoms with Gasteiger partial charge in [-0.1, -0.05) is 0 Å². The number of alkyl halides is 1. The van der Waals surface area contributed by atoms with Crippen LogP contribution >= 0.6 is 0 Å². The van der Waals surface area contributed by atoms with Crippen LogP contribution < -0.4 is 5.32 Å². The molecule has 0 saturated heterocycles. The third-order valence-electron chi connectivity index (χ3n) is 1.89. The number of hydrogen-bond donors (Lipinski definition) is 1. The van der Waals surface area contributed by atoms with E-state index in [1.807, 2.05) is 13.1 Å². The highest BCUT2D eigenvalue weighted by Gasteiger charge is 1.96. The summed E-state index contributed by atoms with van der Waals surface area (Å²) >= 11 is 0. The summed E-state index contributed by atoms with van der Waals surface area (Å²) in [5, 5.41) is 3.06. The Morgan fingerprint density at radius 1 is 1.54 bits per heavy atom. The standard InChI is InChI=1S/C10H15FN2/c1-12-5-2-3-10-7-9(8-11)4-6-13-10/h4,6-7,12H,2-3,5,8H2,1H3. The van der Waals surface area contributed by atoms with Crippen molar-refractivity contribution in [2.24, 2.45) is 0 Å². The van der Waals surface area contributed by atoms with Crippen LogP contribution in [0.4, 0.5) is 4.39 Å². The summed E-state index contributed by atoms with van der Waals surface area (Å²) in [6.45, 7) is 0.573. The second-order valence-electron chi connectivity index (χ2n) is 3.00. The molecule has 0 saturated carbocycles. The van der Waals surface area contributed by atoms with E-state index in [0.29, 0.717) is 0 Å². The number of halogens is 1. The van der Waals surface area contributed by atoms with E-state index in [-0.39, 0.29) is 0 Å². The van der Waals surface area contributed by atoms with Gasteiger partial charge in [-0.2, -0.15) is 0 Å². The third kappa shape index (κ3) is 3.51. The molecule has 13 heavy (non-hydrogen) atoms. The molecule has 1 N–H and O–H groups in total. The van der Waals surface area contributed by atoms with E-state index in [2.05, 4.69) is 10.3 Å². The predicted octanol–water partition coefficient (Wildman–Crippen LogP) is 1.70. The molecule has 0 aromatic carbocycles. The van der Waals surface area contributed by atoms with E-state index >= 15 is 0 Å². The highest BCUT2D eigenvalue weighted by molar-refractivity contribution is 5.15. The number of nitrogens with zero attached hydrogens (tertiary/aromatic N) is 1. The molecule has 0 spiro atoms. The van der Waals surface area contributed by atoms with E-state index in [4.69, 9.17) is 0 Å². The SMILES string of the molecule is CNCCCc1cc(CF)ccn1. The van der Waals surface area contributed by atoms with Gasteiger partial charge in [0.2, 0.25) is 0 Å². The van der Waals surface area contributed by atoms with Crippen molar-refractivity contribution in [3.63, 3.8) is 0 Å². The van der Waals surface area contributed by atoms with Crippen LogP contribution in [0.25, 0.3) is 0 Å². The number of rotatable bonds is 5. The molecule has 0 bridgehead atoms. The maximum Gasteiger partial charge on any atom is 0.115 e. The molecule has 0 unspecified atom stereocenters. The van der Waals surface area contributed by atoms with Crippen LogP contribution in [-0.4, -0.2) is 18.6 Å². The van der Waals surface area contributed by atoms with E-state index in [0.717, 1.165) is 30.6 Å². The van der Waals surface area contributed by atoms with Gasteiger partial charge in [-0.25, -0.2) is 4.39 Å². The molecule has 0 atom stereocenters. The summed E-state index contributed by atoms with van der Waals surface area (Å²) in [5.74, 6) is 0. The van der Waals surface area contributed by atoms with Gasteiger partial charge in [0.05, 0.1) is 0 Å². The molecule has 1 heterocycles. The van der Waals surface area contributed by atoms with Gasteiger partial charge < -0.3 is 5.32 Å². The lowest BCUT2D eigenvalue weighted by Crippen LogP contribution is -2.08. The number of aromatic nitrogens is 1. The highest BCUT2D eigenvalue weighted by Crippen LogP contribution is 2.05. The molecule has 1 aromatic rings. The van der Waals surface area contributed by atoms with Crippen molar-refractivity contribution in [2.45, 2.75) is 19.5 Å². The van der Waals surface area contributed by atoms with Gasteiger partial charge in [0.1, 0.15) is 6.67 Å². The molecule has 72 valence electrons. The molecule has 0 fully saturated rings. The number of nitrogens with one attached hydrogen (secondary N) is 1. The lowest BCUT2D eigenvalue weighted by Gasteiger charge is -2.01. The zero-order valence-electron chi connectivity index (χ0n) is 7.89. The molecule has 1 aromatic heterocycles. The minimum Gasteiger partial charge on any atom is -0.320 e. The minimum absolute atomic E-state index is 0.401. The molecular formula is C10H15FN2. The van der Waals surface area contributed by atoms with Crippen molar-refractivity contribution in [1.82, 2.24) is 10.3 Å². The lowest BCUT2D eigenvalue weighted by molar-refractivity contribution is 0.484. The Morgan fingerprint density at radius 2 is 2.38 bits per heavy atom. The van der Waals surface area contributed by atoms with Gasteiger partial charge in [0.25, 0.3) is 0 Å². The monoisotopic (exact) mass is 182 g/mol. The largest absolute Gasteiger partial charge is 0.320 e. The van der Waals surface area contributed by atoms with Crippen molar-refractivity contribution >= 4 is 0 Å². The third-order valence-corrected chi connectivity index (χ3v) is 1.89. The molecule has 0 amide bonds. The Morgan fingerprint density at radius 3 is 3.08 bits per heavy atom. The molecule has 0 radical (unpaired) electrons. The smallest absolute Gasteiger partial charge is 0.115 e. The summed E-state index contributed by atoms with van der Waals surface area (Å²) < 4.78 is 12.3. The van der Waals surface area contributed by atoms with Crippen molar-refractivity contribution in [3.8, 4) is 0 Å². The fourth-order valence-corrected chi connectivity index (χ4v) is 1.19.